The molecule has 0 bridgehead atoms. The van der Waals surface area contributed by atoms with Crippen LogP contribution >= 0.6 is 0 Å². The van der Waals surface area contributed by atoms with Crippen LogP contribution in [-0.4, -0.2) is 93.5 Å². The first-order chi connectivity index (χ1) is 16.0. The molecule has 0 heterocycles. The number of nitrogens with one attached hydrogen (secondary N) is 3. The molecule has 0 aromatic rings. The van der Waals surface area contributed by atoms with Crippen LogP contribution in [0.15, 0.2) is 12.7 Å². The van der Waals surface area contributed by atoms with Gasteiger partial charge in [-0.2, -0.15) is 0 Å². The van der Waals surface area contributed by atoms with Crippen molar-refractivity contribution in [2.45, 2.75) is 64.6 Å². The van der Waals surface area contributed by atoms with E-state index in [0.29, 0.717) is 52.4 Å². The maximum absolute atomic E-state index is 11.8. The summed E-state index contributed by atoms with van der Waals surface area (Å²) in [4.78, 5) is 34.8. The summed E-state index contributed by atoms with van der Waals surface area (Å²) in [5.74, 6) is -1.39. The highest BCUT2D eigenvalue weighted by atomic mass is 16.6. The van der Waals surface area contributed by atoms with Gasteiger partial charge < -0.3 is 40.0 Å². The number of carboxylic acid groups (broad SMARTS) is 1. The van der Waals surface area contributed by atoms with Gasteiger partial charge in [0.05, 0.1) is 33.0 Å². The second-order valence-electron chi connectivity index (χ2n) is 8.64. The minimum absolute atomic E-state index is 0.0784. The average Bonchev–Trinajstić information content (AvgIpc) is 2.74. The fourth-order valence-electron chi connectivity index (χ4n) is 2.51. The second-order valence-corrected chi connectivity index (χ2v) is 8.64. The van der Waals surface area contributed by atoms with E-state index in [2.05, 4.69) is 22.5 Å². The monoisotopic (exact) mass is 489 g/mol. The van der Waals surface area contributed by atoms with Gasteiger partial charge in [-0.3, -0.25) is 4.79 Å². The molecule has 0 fully saturated rings. The number of unbranched alkanes of at least 4 members (excludes halogenated alkanes) is 1. The fourth-order valence-corrected chi connectivity index (χ4v) is 2.51. The Bertz CT molecular complexity index is 595. The highest BCUT2D eigenvalue weighted by Crippen LogP contribution is 2.08. The third-order valence-corrected chi connectivity index (χ3v) is 4.27. The summed E-state index contributed by atoms with van der Waals surface area (Å²) in [7, 11) is 0. The van der Waals surface area contributed by atoms with E-state index in [1.807, 2.05) is 13.0 Å². The quantitative estimate of drug-likeness (QED) is 0.148. The SMILES string of the molecule is C=CC(C)NCCOCCOCCOCC(=O)NCCCC[C@H](NC(=O)OC(C)(C)C)C(=O)O. The number of aliphatic carboxylic acids is 1. The number of rotatable bonds is 20. The Morgan fingerprint density at radius 3 is 2.18 bits per heavy atom. The van der Waals surface area contributed by atoms with Crippen LogP contribution in [0.2, 0.25) is 0 Å². The molecule has 1 unspecified atom stereocenters. The number of alkyl carbamates (subject to hydrolysis) is 1. The van der Waals surface area contributed by atoms with Gasteiger partial charge in [0.25, 0.3) is 0 Å². The zero-order valence-corrected chi connectivity index (χ0v) is 21.0. The van der Waals surface area contributed by atoms with Gasteiger partial charge in [-0.05, 0) is 47.0 Å². The lowest BCUT2D eigenvalue weighted by molar-refractivity contribution is -0.139. The van der Waals surface area contributed by atoms with Gasteiger partial charge in [0.2, 0.25) is 5.91 Å². The summed E-state index contributed by atoms with van der Waals surface area (Å²) >= 11 is 0. The molecular weight excluding hydrogens is 446 g/mol. The molecule has 0 aromatic heterocycles. The maximum Gasteiger partial charge on any atom is 0.408 e. The van der Waals surface area contributed by atoms with Crippen LogP contribution in [0.4, 0.5) is 4.79 Å². The van der Waals surface area contributed by atoms with E-state index in [-0.39, 0.29) is 25.0 Å². The molecule has 11 nitrogen and oxygen atoms in total. The lowest BCUT2D eigenvalue weighted by Crippen LogP contribution is -2.43. The molecule has 0 saturated heterocycles. The van der Waals surface area contributed by atoms with E-state index in [9.17, 15) is 19.5 Å². The van der Waals surface area contributed by atoms with Crippen molar-refractivity contribution >= 4 is 18.0 Å². The molecule has 34 heavy (non-hydrogen) atoms. The van der Waals surface area contributed by atoms with Gasteiger partial charge in [0.15, 0.2) is 0 Å². The predicted octanol–water partition coefficient (Wildman–Crippen LogP) is 1.46. The summed E-state index contributed by atoms with van der Waals surface area (Å²) in [6.07, 6.45) is 2.36. The minimum Gasteiger partial charge on any atom is -0.480 e. The van der Waals surface area contributed by atoms with Crippen LogP contribution in [0.25, 0.3) is 0 Å². The number of amides is 2. The van der Waals surface area contributed by atoms with Gasteiger partial charge >= 0.3 is 12.1 Å². The smallest absolute Gasteiger partial charge is 0.408 e. The molecule has 0 rings (SSSR count). The molecule has 4 N–H and O–H groups in total. The largest absolute Gasteiger partial charge is 0.480 e. The molecule has 0 saturated carbocycles. The number of hydrogen-bond acceptors (Lipinski definition) is 8. The van der Waals surface area contributed by atoms with Crippen molar-refractivity contribution in [3.05, 3.63) is 12.7 Å². The van der Waals surface area contributed by atoms with E-state index in [4.69, 9.17) is 18.9 Å². The first kappa shape index (κ1) is 31.8. The zero-order chi connectivity index (χ0) is 25.8. The van der Waals surface area contributed by atoms with Crippen molar-refractivity contribution in [1.29, 1.82) is 0 Å². The third kappa shape index (κ3) is 20.4. The van der Waals surface area contributed by atoms with Gasteiger partial charge in [-0.25, -0.2) is 9.59 Å². The average molecular weight is 490 g/mol. The Kier molecular flexibility index (Phi) is 17.9. The number of carboxylic acids is 1. The molecular formula is C23H43N3O8. The van der Waals surface area contributed by atoms with Crippen molar-refractivity contribution in [3.63, 3.8) is 0 Å². The lowest BCUT2D eigenvalue weighted by atomic mass is 10.1. The van der Waals surface area contributed by atoms with Crippen molar-refractivity contribution in [1.82, 2.24) is 16.0 Å². The molecule has 0 aromatic carbocycles. The summed E-state index contributed by atoms with van der Waals surface area (Å²) < 4.78 is 21.1. The topological polar surface area (TPSA) is 144 Å². The normalized spacial score (nSPS) is 13.1. The van der Waals surface area contributed by atoms with Gasteiger partial charge in [0, 0.05) is 19.1 Å². The minimum atomic E-state index is -1.13. The lowest BCUT2D eigenvalue weighted by Gasteiger charge is -2.22. The first-order valence-corrected chi connectivity index (χ1v) is 11.6. The van der Waals surface area contributed by atoms with E-state index < -0.39 is 23.7 Å². The van der Waals surface area contributed by atoms with Crippen molar-refractivity contribution in [3.8, 4) is 0 Å². The molecule has 0 spiro atoms. The highest BCUT2D eigenvalue weighted by molar-refractivity contribution is 5.80. The van der Waals surface area contributed by atoms with Crippen LogP contribution < -0.4 is 16.0 Å². The van der Waals surface area contributed by atoms with Crippen molar-refractivity contribution < 1.29 is 38.4 Å². The highest BCUT2D eigenvalue weighted by Gasteiger charge is 2.23. The summed E-state index contributed by atoms with van der Waals surface area (Å²) in [6, 6.07) is -0.788. The molecule has 0 radical (unpaired) electrons. The molecule has 0 aliphatic carbocycles. The Morgan fingerprint density at radius 1 is 0.971 bits per heavy atom. The summed E-state index contributed by atoms with van der Waals surface area (Å²) in [6.45, 7) is 14.0. The molecule has 2 amide bonds. The predicted molar refractivity (Wildman–Crippen MR) is 128 cm³/mol. The van der Waals surface area contributed by atoms with Crippen LogP contribution in [0.1, 0.15) is 47.0 Å². The Balaban J connectivity index is 3.65. The van der Waals surface area contributed by atoms with Crippen LogP contribution in [-0.2, 0) is 28.5 Å². The molecule has 0 aliphatic heterocycles. The van der Waals surface area contributed by atoms with Gasteiger partial charge in [0.1, 0.15) is 18.2 Å². The standard InChI is InChI=1S/C23H43N3O8/c1-6-18(2)24-11-12-31-13-14-32-15-16-33-17-20(27)25-10-8-7-9-19(21(28)29)26-22(30)34-23(3,4)5/h6,18-19,24H,1,7-17H2,2-5H3,(H,25,27)(H,26,30)(H,28,29)/t18?,19-/m0/s1. The Hall–Kier alpha value is -2.21. The zero-order valence-electron chi connectivity index (χ0n) is 21.0. The van der Waals surface area contributed by atoms with Crippen LogP contribution in [0, 0.1) is 0 Å². The first-order valence-electron chi connectivity index (χ1n) is 11.6. The van der Waals surface area contributed by atoms with E-state index in [1.165, 1.54) is 0 Å². The van der Waals surface area contributed by atoms with Crippen LogP contribution in [0.5, 0.6) is 0 Å². The third-order valence-electron chi connectivity index (χ3n) is 4.27. The van der Waals surface area contributed by atoms with Gasteiger partial charge in [-0.15, -0.1) is 6.58 Å². The van der Waals surface area contributed by atoms with E-state index in [1.54, 1.807) is 20.8 Å². The van der Waals surface area contributed by atoms with Gasteiger partial charge in [-0.1, -0.05) is 6.08 Å². The van der Waals surface area contributed by atoms with Crippen molar-refractivity contribution in [2.24, 2.45) is 0 Å². The summed E-state index contributed by atoms with van der Waals surface area (Å²) in [5.41, 5.74) is -0.706. The van der Waals surface area contributed by atoms with Crippen molar-refractivity contribution in [2.75, 3.05) is 52.7 Å². The number of ether oxygens (including phenoxy) is 4. The Morgan fingerprint density at radius 2 is 1.59 bits per heavy atom. The summed E-state index contributed by atoms with van der Waals surface area (Å²) in [5, 5.41) is 17.5. The van der Waals surface area contributed by atoms with Crippen LogP contribution in [0.3, 0.4) is 0 Å². The second kappa shape index (κ2) is 19.1. The number of carbonyl (C=O) groups excluding carboxylic acids is 2. The Labute approximate surface area is 202 Å². The van der Waals surface area contributed by atoms with E-state index in [0.717, 1.165) is 6.54 Å². The molecule has 198 valence electrons. The number of carbonyl (C=O) groups is 3. The molecule has 11 heteroatoms. The molecule has 2 atom stereocenters. The fraction of sp³-hybridized carbons (Fsp3) is 0.783. The maximum atomic E-state index is 11.8. The number of hydrogen-bond donors (Lipinski definition) is 4. The van der Waals surface area contributed by atoms with E-state index >= 15 is 0 Å². The molecule has 0 aliphatic rings.